The number of benzene rings is 1. The van der Waals surface area contributed by atoms with Crippen molar-refractivity contribution in [2.45, 2.75) is 44.7 Å². The van der Waals surface area contributed by atoms with Gasteiger partial charge in [0.25, 0.3) is 11.6 Å². The van der Waals surface area contributed by atoms with Gasteiger partial charge in [0, 0.05) is 31.0 Å². The number of carbonyl (C=O) groups excluding carboxylic acids is 1. The third-order valence-corrected chi connectivity index (χ3v) is 5.79. The summed E-state index contributed by atoms with van der Waals surface area (Å²) in [6, 6.07) is 2.79. The van der Waals surface area contributed by atoms with Crippen LogP contribution in [0.5, 0.6) is 0 Å². The minimum atomic E-state index is -0.532. The van der Waals surface area contributed by atoms with Crippen molar-refractivity contribution >= 4 is 34.4 Å². The van der Waals surface area contributed by atoms with E-state index >= 15 is 0 Å². The Morgan fingerprint density at radius 3 is 3.00 bits per heavy atom. The van der Waals surface area contributed by atoms with Crippen LogP contribution < -0.4 is 0 Å². The number of fused-ring (bicyclic) bond motifs is 1. The van der Waals surface area contributed by atoms with Gasteiger partial charge >= 0.3 is 0 Å². The largest absolute Gasteiger partial charge is 0.396 e. The van der Waals surface area contributed by atoms with Crippen molar-refractivity contribution in [3.63, 3.8) is 0 Å². The zero-order valence-corrected chi connectivity index (χ0v) is 17.0. The predicted octanol–water partition coefficient (Wildman–Crippen LogP) is 1.81. The second kappa shape index (κ2) is 8.79. The van der Waals surface area contributed by atoms with Gasteiger partial charge in [-0.2, -0.15) is 8.75 Å². The van der Waals surface area contributed by atoms with Crippen LogP contribution in [0.15, 0.2) is 18.3 Å². The smallest absolute Gasteiger partial charge is 0.299 e. The molecule has 3 heterocycles. The number of hydrogen-bond donors (Lipinski definition) is 1. The van der Waals surface area contributed by atoms with E-state index in [-0.39, 0.29) is 35.3 Å². The average Bonchev–Trinajstić information content (AvgIpc) is 3.48. The number of aryl methyl sites for hydroxylation is 1. The molecule has 0 bridgehead atoms. The topological polar surface area (TPSA) is 140 Å². The van der Waals surface area contributed by atoms with E-state index in [9.17, 15) is 14.9 Å². The number of amides is 1. The number of likely N-dealkylation sites (tertiary alicyclic amines) is 1. The molecule has 11 nitrogen and oxygen atoms in total. The summed E-state index contributed by atoms with van der Waals surface area (Å²) in [4.78, 5) is 25.8. The molecule has 0 spiro atoms. The fourth-order valence-electron chi connectivity index (χ4n) is 3.77. The van der Waals surface area contributed by atoms with Crippen molar-refractivity contribution < 1.29 is 14.8 Å². The molecule has 0 saturated carbocycles. The van der Waals surface area contributed by atoms with Gasteiger partial charge < -0.3 is 10.0 Å². The van der Waals surface area contributed by atoms with E-state index in [1.165, 1.54) is 6.07 Å². The molecule has 0 radical (unpaired) electrons. The van der Waals surface area contributed by atoms with Crippen molar-refractivity contribution in [3.05, 3.63) is 39.7 Å². The normalized spacial score (nSPS) is 16.4. The maximum absolute atomic E-state index is 13.2. The zero-order valence-electron chi connectivity index (χ0n) is 16.2. The highest BCUT2D eigenvalue weighted by Gasteiger charge is 2.31. The number of aliphatic hydroxyl groups excluding tert-OH is 1. The number of nitro groups is 1. The first-order chi connectivity index (χ1) is 14.6. The SMILES string of the molecule is O=C(c1cc([N+](=O)[O-])c2nsnc2c1)N1CCCC1Cn1cc(CCCCO)nn1. The van der Waals surface area contributed by atoms with Gasteiger partial charge in [-0.1, -0.05) is 5.21 Å². The van der Waals surface area contributed by atoms with Crippen LogP contribution in [0.25, 0.3) is 11.0 Å². The molecule has 1 fully saturated rings. The number of hydrogen-bond acceptors (Lipinski definition) is 9. The van der Waals surface area contributed by atoms with Crippen LogP contribution in [0.1, 0.15) is 41.7 Å². The summed E-state index contributed by atoms with van der Waals surface area (Å²) < 4.78 is 9.77. The summed E-state index contributed by atoms with van der Waals surface area (Å²) in [6.07, 6.45) is 5.87. The fraction of sp³-hybridized carbons (Fsp3) is 0.500. The minimum Gasteiger partial charge on any atom is -0.396 e. The highest BCUT2D eigenvalue weighted by molar-refractivity contribution is 7.00. The number of aliphatic hydroxyl groups is 1. The number of nitrogens with zero attached hydrogens (tertiary/aromatic N) is 7. The molecule has 4 rings (SSSR count). The molecule has 1 aliphatic rings. The van der Waals surface area contributed by atoms with Crippen molar-refractivity contribution in [1.29, 1.82) is 0 Å². The number of nitro benzene ring substituents is 1. The van der Waals surface area contributed by atoms with E-state index in [0.29, 0.717) is 18.6 Å². The number of rotatable bonds is 8. The first-order valence-electron chi connectivity index (χ1n) is 9.78. The average molecular weight is 431 g/mol. The van der Waals surface area contributed by atoms with Crippen LogP contribution in [0.2, 0.25) is 0 Å². The molecular weight excluding hydrogens is 410 g/mol. The summed E-state index contributed by atoms with van der Waals surface area (Å²) in [5.74, 6) is -0.251. The monoisotopic (exact) mass is 431 g/mol. The van der Waals surface area contributed by atoms with Crippen LogP contribution in [0, 0.1) is 10.1 Å². The number of carbonyl (C=O) groups is 1. The van der Waals surface area contributed by atoms with Crippen LogP contribution in [0.4, 0.5) is 5.69 Å². The van der Waals surface area contributed by atoms with E-state index in [4.69, 9.17) is 5.11 Å². The molecule has 30 heavy (non-hydrogen) atoms. The Bertz CT molecular complexity index is 1070. The number of non-ortho nitro benzene ring substituents is 1. The van der Waals surface area contributed by atoms with Crippen molar-refractivity contribution in [3.8, 4) is 0 Å². The van der Waals surface area contributed by atoms with Gasteiger partial charge in [0.15, 0.2) is 5.52 Å². The van der Waals surface area contributed by atoms with E-state index in [1.54, 1.807) is 15.6 Å². The van der Waals surface area contributed by atoms with Gasteiger partial charge in [0.2, 0.25) is 0 Å². The molecule has 1 unspecified atom stereocenters. The van der Waals surface area contributed by atoms with Crippen LogP contribution in [-0.4, -0.2) is 63.8 Å². The first-order valence-corrected chi connectivity index (χ1v) is 10.5. The zero-order chi connectivity index (χ0) is 21.1. The molecule has 1 atom stereocenters. The standard InChI is InChI=1S/C18H21N7O4S/c26-7-2-1-4-13-10-23(22-19-13)11-14-5-3-6-24(14)18(27)12-8-15-17(21-30-20-15)16(9-12)25(28)29/h8-10,14,26H,1-7,11H2. The Balaban J connectivity index is 1.50. The number of unbranched alkanes of at least 4 members (excludes halogenated alkanes) is 1. The van der Waals surface area contributed by atoms with Gasteiger partial charge in [0.05, 0.1) is 34.9 Å². The predicted molar refractivity (Wildman–Crippen MR) is 108 cm³/mol. The van der Waals surface area contributed by atoms with E-state index in [2.05, 4.69) is 19.1 Å². The summed E-state index contributed by atoms with van der Waals surface area (Å²) in [6.45, 7) is 1.26. The van der Waals surface area contributed by atoms with Gasteiger partial charge in [0.1, 0.15) is 5.52 Å². The first kappa shape index (κ1) is 20.3. The second-order valence-corrected chi connectivity index (χ2v) is 7.82. The van der Waals surface area contributed by atoms with E-state index in [0.717, 1.165) is 49.5 Å². The summed E-state index contributed by atoms with van der Waals surface area (Å²) in [5.41, 5.74) is 1.46. The summed E-state index contributed by atoms with van der Waals surface area (Å²) in [7, 11) is 0. The Kier molecular flexibility index (Phi) is 5.95. The molecule has 1 N–H and O–H groups in total. The Morgan fingerprint density at radius 1 is 1.33 bits per heavy atom. The van der Waals surface area contributed by atoms with E-state index < -0.39 is 4.92 Å². The maximum atomic E-state index is 13.2. The third-order valence-electron chi connectivity index (χ3n) is 5.25. The molecule has 1 aromatic carbocycles. The quantitative estimate of drug-likeness (QED) is 0.323. The van der Waals surface area contributed by atoms with Crippen LogP contribution in [0.3, 0.4) is 0 Å². The van der Waals surface area contributed by atoms with Gasteiger partial charge in [-0.3, -0.25) is 19.6 Å². The number of aromatic nitrogens is 5. The second-order valence-electron chi connectivity index (χ2n) is 7.29. The lowest BCUT2D eigenvalue weighted by molar-refractivity contribution is -0.383. The molecule has 0 aliphatic carbocycles. The van der Waals surface area contributed by atoms with Gasteiger partial charge in [-0.25, -0.2) is 0 Å². The Morgan fingerprint density at radius 2 is 2.20 bits per heavy atom. The van der Waals surface area contributed by atoms with E-state index in [1.807, 2.05) is 6.20 Å². The van der Waals surface area contributed by atoms with Crippen LogP contribution in [-0.2, 0) is 13.0 Å². The van der Waals surface area contributed by atoms with Crippen molar-refractivity contribution in [1.82, 2.24) is 28.6 Å². The lowest BCUT2D eigenvalue weighted by Gasteiger charge is -2.24. The minimum absolute atomic E-state index is 0.0622. The molecule has 3 aromatic rings. The lowest BCUT2D eigenvalue weighted by atomic mass is 10.1. The van der Waals surface area contributed by atoms with Gasteiger partial charge in [-0.05, 0) is 38.2 Å². The molecule has 2 aromatic heterocycles. The molecular formula is C18H21N7O4S. The molecule has 1 aliphatic heterocycles. The lowest BCUT2D eigenvalue weighted by Crippen LogP contribution is -2.38. The highest BCUT2D eigenvalue weighted by atomic mass is 32.1. The molecule has 158 valence electrons. The van der Waals surface area contributed by atoms with Crippen molar-refractivity contribution in [2.24, 2.45) is 0 Å². The fourth-order valence-corrected chi connectivity index (χ4v) is 4.31. The highest BCUT2D eigenvalue weighted by Crippen LogP contribution is 2.28. The van der Waals surface area contributed by atoms with Crippen LogP contribution >= 0.6 is 11.7 Å². The summed E-state index contributed by atoms with van der Waals surface area (Å²) in [5, 5.41) is 28.6. The van der Waals surface area contributed by atoms with Crippen molar-refractivity contribution in [2.75, 3.05) is 13.2 Å². The maximum Gasteiger partial charge on any atom is 0.299 e. The molecule has 1 amide bonds. The van der Waals surface area contributed by atoms with Gasteiger partial charge in [-0.15, -0.1) is 5.10 Å². The molecule has 12 heteroatoms. The Hall–Kier alpha value is -2.99. The summed E-state index contributed by atoms with van der Waals surface area (Å²) >= 11 is 0.887. The third kappa shape index (κ3) is 4.14. The molecule has 1 saturated heterocycles. The Labute approximate surface area is 175 Å².